The van der Waals surface area contributed by atoms with E-state index in [0.29, 0.717) is 12.5 Å². The Morgan fingerprint density at radius 2 is 1.85 bits per heavy atom. The molecular weight excluding hydrogens is 276 g/mol. The lowest BCUT2D eigenvalue weighted by Crippen LogP contribution is -2.60. The maximum atomic E-state index is 12.6. The fourth-order valence-corrected chi connectivity index (χ4v) is 6.06. The second kappa shape index (κ2) is 5.30. The highest BCUT2D eigenvalue weighted by atomic mass is 32.2. The Bertz CT molecular complexity index is 485. The summed E-state index contributed by atoms with van der Waals surface area (Å²) < 4.78 is 26.8. The summed E-state index contributed by atoms with van der Waals surface area (Å²) in [5, 5.41) is 0. The summed E-state index contributed by atoms with van der Waals surface area (Å²) >= 11 is 0. The van der Waals surface area contributed by atoms with Crippen molar-refractivity contribution in [3.8, 4) is 0 Å². The lowest BCUT2D eigenvalue weighted by Gasteiger charge is -2.40. The number of hydrogen-bond acceptors (Lipinski definition) is 3. The van der Waals surface area contributed by atoms with E-state index in [1.54, 1.807) is 6.92 Å². The first-order chi connectivity index (χ1) is 9.49. The molecule has 20 heavy (non-hydrogen) atoms. The minimum atomic E-state index is -3.30. The monoisotopic (exact) mass is 300 g/mol. The van der Waals surface area contributed by atoms with E-state index in [2.05, 4.69) is 0 Å². The van der Waals surface area contributed by atoms with Crippen LogP contribution in [0.4, 0.5) is 0 Å². The third kappa shape index (κ3) is 2.48. The van der Waals surface area contributed by atoms with Crippen molar-refractivity contribution >= 4 is 15.9 Å². The zero-order chi connectivity index (χ0) is 14.3. The molecule has 2 atom stereocenters. The molecule has 2 aliphatic heterocycles. The van der Waals surface area contributed by atoms with Gasteiger partial charge in [-0.3, -0.25) is 4.79 Å². The van der Waals surface area contributed by atoms with E-state index in [9.17, 15) is 13.2 Å². The smallest absolute Gasteiger partial charge is 0.241 e. The van der Waals surface area contributed by atoms with Gasteiger partial charge in [0.05, 0.1) is 5.75 Å². The molecule has 0 aromatic rings. The number of fused-ring (bicyclic) bond motifs is 1. The van der Waals surface area contributed by atoms with Crippen molar-refractivity contribution in [1.29, 1.82) is 0 Å². The molecule has 0 aromatic heterocycles. The Morgan fingerprint density at radius 1 is 1.15 bits per heavy atom. The van der Waals surface area contributed by atoms with E-state index in [0.717, 1.165) is 45.1 Å². The lowest BCUT2D eigenvalue weighted by molar-refractivity contribution is -0.139. The molecule has 0 radical (unpaired) electrons. The molecule has 0 bridgehead atoms. The van der Waals surface area contributed by atoms with Gasteiger partial charge < -0.3 is 4.90 Å². The van der Waals surface area contributed by atoms with E-state index >= 15 is 0 Å². The third-order valence-electron chi connectivity index (χ3n) is 5.12. The first kappa shape index (κ1) is 14.3. The summed E-state index contributed by atoms with van der Waals surface area (Å²) in [6.07, 6.45) is 6.26. The molecule has 1 saturated carbocycles. The van der Waals surface area contributed by atoms with Gasteiger partial charge in [0, 0.05) is 19.1 Å². The van der Waals surface area contributed by atoms with Gasteiger partial charge in [-0.15, -0.1) is 0 Å². The van der Waals surface area contributed by atoms with Crippen LogP contribution in [-0.4, -0.2) is 54.5 Å². The number of sulfonamides is 1. The first-order valence-electron chi connectivity index (χ1n) is 7.79. The van der Waals surface area contributed by atoms with Gasteiger partial charge in [0.25, 0.3) is 0 Å². The van der Waals surface area contributed by atoms with Crippen LogP contribution in [-0.2, 0) is 14.8 Å². The molecule has 5 nitrogen and oxygen atoms in total. The average molecular weight is 300 g/mol. The van der Waals surface area contributed by atoms with Crippen molar-refractivity contribution in [3.05, 3.63) is 0 Å². The SMILES string of the molecule is C[C@H]1C(=O)N2CCC[C@H]2CN1S(=O)(=O)CC1CCCC1. The van der Waals surface area contributed by atoms with Gasteiger partial charge in [0.1, 0.15) is 6.04 Å². The quantitative estimate of drug-likeness (QED) is 0.787. The average Bonchev–Trinajstić information content (AvgIpc) is 3.03. The van der Waals surface area contributed by atoms with Gasteiger partial charge in [-0.05, 0) is 38.5 Å². The zero-order valence-electron chi connectivity index (χ0n) is 12.1. The predicted molar refractivity (Wildman–Crippen MR) is 76.6 cm³/mol. The number of carbonyl (C=O) groups excluding carboxylic acids is 1. The molecule has 3 rings (SSSR count). The topological polar surface area (TPSA) is 57.7 Å². The molecule has 0 N–H and O–H groups in total. The van der Waals surface area contributed by atoms with Crippen LogP contribution in [0.15, 0.2) is 0 Å². The maximum absolute atomic E-state index is 12.6. The Kier molecular flexibility index (Phi) is 3.79. The molecule has 6 heteroatoms. The fourth-order valence-electron chi connectivity index (χ4n) is 3.97. The minimum Gasteiger partial charge on any atom is -0.337 e. The predicted octanol–water partition coefficient (Wildman–Crippen LogP) is 1.20. The number of nitrogens with zero attached hydrogens (tertiary/aromatic N) is 2. The van der Waals surface area contributed by atoms with E-state index in [1.807, 2.05) is 4.90 Å². The van der Waals surface area contributed by atoms with Crippen LogP contribution >= 0.6 is 0 Å². The molecule has 2 saturated heterocycles. The van der Waals surface area contributed by atoms with E-state index < -0.39 is 16.1 Å². The zero-order valence-corrected chi connectivity index (χ0v) is 12.9. The highest BCUT2D eigenvalue weighted by molar-refractivity contribution is 7.89. The van der Waals surface area contributed by atoms with E-state index in [-0.39, 0.29) is 17.7 Å². The van der Waals surface area contributed by atoms with Crippen molar-refractivity contribution in [2.75, 3.05) is 18.8 Å². The number of rotatable bonds is 3. The van der Waals surface area contributed by atoms with Crippen molar-refractivity contribution in [3.63, 3.8) is 0 Å². The molecule has 1 aliphatic carbocycles. The largest absolute Gasteiger partial charge is 0.337 e. The maximum Gasteiger partial charge on any atom is 0.241 e. The standard InChI is InChI=1S/C14H24N2O3S/c1-11-14(17)15-8-4-7-13(15)9-16(11)20(18,19)10-12-5-2-3-6-12/h11-13H,2-10H2,1H3/t11-,13-/m0/s1. The fraction of sp³-hybridized carbons (Fsp3) is 0.929. The Balaban J connectivity index is 1.76. The van der Waals surface area contributed by atoms with Gasteiger partial charge in [-0.2, -0.15) is 4.31 Å². The summed E-state index contributed by atoms with van der Waals surface area (Å²) in [6, 6.07) is -0.409. The highest BCUT2D eigenvalue weighted by Crippen LogP contribution is 2.31. The normalized spacial score (nSPS) is 32.9. The summed E-state index contributed by atoms with van der Waals surface area (Å²) in [5.41, 5.74) is 0. The third-order valence-corrected chi connectivity index (χ3v) is 7.19. The number of carbonyl (C=O) groups is 1. The summed E-state index contributed by atoms with van der Waals surface area (Å²) in [4.78, 5) is 14.2. The van der Waals surface area contributed by atoms with Gasteiger partial charge >= 0.3 is 0 Å². The summed E-state index contributed by atoms with van der Waals surface area (Å²) in [7, 11) is -3.30. The molecular formula is C14H24N2O3S. The Hall–Kier alpha value is -0.620. The molecule has 0 aromatic carbocycles. The molecule has 114 valence electrons. The van der Waals surface area contributed by atoms with Gasteiger partial charge in [0.2, 0.25) is 15.9 Å². The van der Waals surface area contributed by atoms with Gasteiger partial charge in [0.15, 0.2) is 0 Å². The summed E-state index contributed by atoms with van der Waals surface area (Å²) in [5.74, 6) is 0.523. The Labute approximate surface area is 121 Å². The number of amides is 1. The van der Waals surface area contributed by atoms with E-state index in [4.69, 9.17) is 0 Å². The second-order valence-electron chi connectivity index (χ2n) is 6.50. The van der Waals surface area contributed by atoms with Crippen molar-refractivity contribution in [2.45, 2.75) is 57.5 Å². The Morgan fingerprint density at radius 3 is 2.55 bits per heavy atom. The van der Waals surface area contributed by atoms with E-state index in [1.165, 1.54) is 4.31 Å². The molecule has 0 spiro atoms. The summed E-state index contributed by atoms with van der Waals surface area (Å²) in [6.45, 7) is 3.04. The lowest BCUT2D eigenvalue weighted by atomic mass is 10.1. The highest BCUT2D eigenvalue weighted by Gasteiger charge is 2.45. The van der Waals surface area contributed by atoms with Crippen LogP contribution in [0.3, 0.4) is 0 Å². The van der Waals surface area contributed by atoms with Crippen molar-refractivity contribution < 1.29 is 13.2 Å². The number of piperazine rings is 1. The van der Waals surface area contributed by atoms with Crippen LogP contribution in [0, 0.1) is 5.92 Å². The van der Waals surface area contributed by atoms with Gasteiger partial charge in [-0.1, -0.05) is 12.8 Å². The van der Waals surface area contributed by atoms with Gasteiger partial charge in [-0.25, -0.2) is 8.42 Å². The van der Waals surface area contributed by atoms with Crippen LogP contribution in [0.1, 0.15) is 45.4 Å². The van der Waals surface area contributed by atoms with Crippen LogP contribution in [0.2, 0.25) is 0 Å². The molecule has 1 amide bonds. The van der Waals surface area contributed by atoms with Crippen LogP contribution < -0.4 is 0 Å². The molecule has 3 fully saturated rings. The van der Waals surface area contributed by atoms with Crippen molar-refractivity contribution in [1.82, 2.24) is 9.21 Å². The minimum absolute atomic E-state index is 0.00579. The number of hydrogen-bond donors (Lipinski definition) is 0. The molecule has 2 heterocycles. The van der Waals surface area contributed by atoms with Crippen molar-refractivity contribution in [2.24, 2.45) is 5.92 Å². The molecule has 3 aliphatic rings. The second-order valence-corrected chi connectivity index (χ2v) is 8.47. The molecule has 0 unspecified atom stereocenters. The van der Waals surface area contributed by atoms with Crippen LogP contribution in [0.25, 0.3) is 0 Å². The van der Waals surface area contributed by atoms with Crippen LogP contribution in [0.5, 0.6) is 0 Å². The first-order valence-corrected chi connectivity index (χ1v) is 9.40.